The molecule has 9 heteroatoms. The topological polar surface area (TPSA) is 97.3 Å². The number of carbonyl (C=O) groups is 2. The van der Waals surface area contributed by atoms with E-state index >= 15 is 0 Å². The summed E-state index contributed by atoms with van der Waals surface area (Å²) in [6, 6.07) is 8.69. The van der Waals surface area contributed by atoms with Crippen molar-refractivity contribution in [1.29, 1.82) is 0 Å². The highest BCUT2D eigenvalue weighted by atomic mass is 35.5. The molecule has 1 aliphatic heterocycles. The first-order valence-electron chi connectivity index (χ1n) is 9.31. The molecule has 1 aromatic carbocycles. The number of rotatable bonds is 6. The minimum atomic E-state index is -0.503. The molecule has 2 amide bonds. The second-order valence-electron chi connectivity index (χ2n) is 7.21. The molecule has 0 bridgehead atoms. The predicted molar refractivity (Wildman–Crippen MR) is 104 cm³/mol. The Morgan fingerprint density at radius 2 is 2.11 bits per heavy atom. The van der Waals surface area contributed by atoms with Gasteiger partial charge in [-0.1, -0.05) is 11.6 Å². The standard InChI is InChI=1S/C19H22ClN5O3/c1-11-8-17(26)23-19(21-11)25-16(9-15(24-25)12-2-3-12)22-18(27)10-28-14-6-4-13(20)5-7-14/h4-7,9,11-12,19,21H,2-3,8,10H2,1H3,(H,22,27)(H,23,26). The number of anilines is 1. The lowest BCUT2D eigenvalue weighted by atomic mass is 10.2. The molecular formula is C19H22ClN5O3. The van der Waals surface area contributed by atoms with Gasteiger partial charge in [0.25, 0.3) is 5.91 Å². The van der Waals surface area contributed by atoms with Crippen LogP contribution in [-0.2, 0) is 9.59 Å². The smallest absolute Gasteiger partial charge is 0.263 e. The Hall–Kier alpha value is -2.58. The maximum absolute atomic E-state index is 12.4. The van der Waals surface area contributed by atoms with Gasteiger partial charge in [-0.25, -0.2) is 4.68 Å². The summed E-state index contributed by atoms with van der Waals surface area (Å²) in [6.07, 6.45) is 2.08. The van der Waals surface area contributed by atoms with E-state index in [1.54, 1.807) is 28.9 Å². The number of hydrogen-bond donors (Lipinski definition) is 3. The van der Waals surface area contributed by atoms with E-state index in [0.29, 0.717) is 28.9 Å². The quantitative estimate of drug-likeness (QED) is 0.688. The van der Waals surface area contributed by atoms with Crippen molar-refractivity contribution in [3.8, 4) is 5.75 Å². The Bertz CT molecular complexity index is 878. The lowest BCUT2D eigenvalue weighted by Gasteiger charge is -2.30. The van der Waals surface area contributed by atoms with Crippen molar-refractivity contribution in [2.75, 3.05) is 11.9 Å². The van der Waals surface area contributed by atoms with Gasteiger partial charge in [0.05, 0.1) is 5.69 Å². The van der Waals surface area contributed by atoms with Crippen LogP contribution in [0.5, 0.6) is 5.75 Å². The van der Waals surface area contributed by atoms with Crippen LogP contribution in [0.4, 0.5) is 5.82 Å². The van der Waals surface area contributed by atoms with Crippen LogP contribution in [0.15, 0.2) is 30.3 Å². The molecule has 148 valence electrons. The molecule has 2 unspecified atom stereocenters. The van der Waals surface area contributed by atoms with Gasteiger partial charge in [0.15, 0.2) is 12.9 Å². The van der Waals surface area contributed by atoms with Crippen LogP contribution in [-0.4, -0.2) is 34.2 Å². The Kier molecular flexibility index (Phi) is 5.23. The highest BCUT2D eigenvalue weighted by Gasteiger charge is 2.31. The molecular weight excluding hydrogens is 382 g/mol. The monoisotopic (exact) mass is 403 g/mol. The minimum absolute atomic E-state index is 0.0177. The summed E-state index contributed by atoms with van der Waals surface area (Å²) in [5, 5.41) is 14.2. The van der Waals surface area contributed by atoms with Gasteiger partial charge in [-0.3, -0.25) is 14.9 Å². The molecule has 2 heterocycles. The molecule has 1 saturated carbocycles. The average molecular weight is 404 g/mol. The van der Waals surface area contributed by atoms with E-state index in [1.165, 1.54) is 0 Å². The van der Waals surface area contributed by atoms with Crippen LogP contribution < -0.4 is 20.7 Å². The maximum atomic E-state index is 12.4. The summed E-state index contributed by atoms with van der Waals surface area (Å²) in [4.78, 5) is 24.3. The first-order valence-corrected chi connectivity index (χ1v) is 9.69. The first kappa shape index (κ1) is 18.8. The molecule has 28 heavy (non-hydrogen) atoms. The molecule has 4 rings (SSSR count). The normalized spacial score (nSPS) is 21.9. The molecule has 8 nitrogen and oxygen atoms in total. The van der Waals surface area contributed by atoms with Crippen LogP contribution >= 0.6 is 11.6 Å². The van der Waals surface area contributed by atoms with E-state index in [9.17, 15) is 9.59 Å². The van der Waals surface area contributed by atoms with Gasteiger partial charge in [0.2, 0.25) is 5.91 Å². The maximum Gasteiger partial charge on any atom is 0.263 e. The van der Waals surface area contributed by atoms with Crippen LogP contribution in [0.1, 0.15) is 44.1 Å². The molecule has 2 aliphatic rings. The molecule has 2 aromatic rings. The van der Waals surface area contributed by atoms with Gasteiger partial charge in [-0.05, 0) is 44.0 Å². The number of aromatic nitrogens is 2. The van der Waals surface area contributed by atoms with Crippen LogP contribution in [0, 0.1) is 0 Å². The van der Waals surface area contributed by atoms with Gasteiger partial charge in [0.1, 0.15) is 11.6 Å². The summed E-state index contributed by atoms with van der Waals surface area (Å²) in [7, 11) is 0. The molecule has 3 N–H and O–H groups in total. The third-order valence-corrected chi connectivity index (χ3v) is 4.93. The van der Waals surface area contributed by atoms with E-state index in [0.717, 1.165) is 18.5 Å². The number of benzene rings is 1. The van der Waals surface area contributed by atoms with Gasteiger partial charge in [0, 0.05) is 29.5 Å². The molecule has 2 atom stereocenters. The van der Waals surface area contributed by atoms with E-state index in [-0.39, 0.29) is 24.5 Å². The first-order chi connectivity index (χ1) is 13.5. The molecule has 1 saturated heterocycles. The van der Waals surface area contributed by atoms with Crippen molar-refractivity contribution >= 4 is 29.2 Å². The number of amides is 2. The lowest BCUT2D eigenvalue weighted by Crippen LogP contribution is -2.52. The van der Waals surface area contributed by atoms with Gasteiger partial charge in [-0.15, -0.1) is 0 Å². The number of nitrogens with one attached hydrogen (secondary N) is 3. The molecule has 1 aliphatic carbocycles. The molecule has 2 fully saturated rings. The SMILES string of the molecule is CC1CC(=O)NC(n2nc(C3CC3)cc2NC(=O)COc2ccc(Cl)cc2)N1. The zero-order chi connectivity index (χ0) is 19.7. The zero-order valence-electron chi connectivity index (χ0n) is 15.4. The van der Waals surface area contributed by atoms with Crippen LogP contribution in [0.3, 0.4) is 0 Å². The second kappa shape index (κ2) is 7.81. The highest BCUT2D eigenvalue weighted by molar-refractivity contribution is 6.30. The van der Waals surface area contributed by atoms with Crippen molar-refractivity contribution in [1.82, 2.24) is 20.4 Å². The number of carbonyl (C=O) groups excluding carboxylic acids is 2. The number of nitrogens with zero attached hydrogens (tertiary/aromatic N) is 2. The number of ether oxygens (including phenoxy) is 1. The van der Waals surface area contributed by atoms with Gasteiger partial charge < -0.3 is 15.4 Å². The Balaban J connectivity index is 1.46. The van der Waals surface area contributed by atoms with Crippen molar-refractivity contribution in [2.45, 2.75) is 44.4 Å². The number of hydrogen-bond acceptors (Lipinski definition) is 5. The minimum Gasteiger partial charge on any atom is -0.484 e. The molecule has 0 spiro atoms. The van der Waals surface area contributed by atoms with Crippen molar-refractivity contribution < 1.29 is 14.3 Å². The van der Waals surface area contributed by atoms with E-state index in [2.05, 4.69) is 21.0 Å². The molecule has 0 radical (unpaired) electrons. The van der Waals surface area contributed by atoms with Crippen molar-refractivity contribution in [3.05, 3.63) is 41.0 Å². The summed E-state index contributed by atoms with van der Waals surface area (Å²) >= 11 is 5.85. The zero-order valence-corrected chi connectivity index (χ0v) is 16.2. The largest absolute Gasteiger partial charge is 0.484 e. The average Bonchev–Trinajstić information content (AvgIpc) is 3.41. The third kappa shape index (κ3) is 4.45. The Morgan fingerprint density at radius 1 is 1.36 bits per heavy atom. The van der Waals surface area contributed by atoms with Crippen LogP contribution in [0.2, 0.25) is 5.02 Å². The van der Waals surface area contributed by atoms with Gasteiger partial charge in [-0.2, -0.15) is 5.10 Å². The fourth-order valence-corrected chi connectivity index (χ4v) is 3.26. The number of halogens is 1. The summed E-state index contributed by atoms with van der Waals surface area (Å²) < 4.78 is 7.12. The van der Waals surface area contributed by atoms with E-state index < -0.39 is 6.29 Å². The fourth-order valence-electron chi connectivity index (χ4n) is 3.13. The highest BCUT2D eigenvalue weighted by Crippen LogP contribution is 2.40. The van der Waals surface area contributed by atoms with E-state index in [1.807, 2.05) is 13.0 Å². The fraction of sp³-hybridized carbons (Fsp3) is 0.421. The Morgan fingerprint density at radius 3 is 2.79 bits per heavy atom. The summed E-state index contributed by atoms with van der Waals surface area (Å²) in [5.74, 6) is 1.14. The van der Waals surface area contributed by atoms with Crippen molar-refractivity contribution in [3.63, 3.8) is 0 Å². The summed E-state index contributed by atoms with van der Waals surface area (Å²) in [6.45, 7) is 1.79. The van der Waals surface area contributed by atoms with E-state index in [4.69, 9.17) is 16.3 Å². The van der Waals surface area contributed by atoms with Gasteiger partial charge >= 0.3 is 0 Å². The lowest BCUT2D eigenvalue weighted by molar-refractivity contribution is -0.125. The second-order valence-corrected chi connectivity index (χ2v) is 7.64. The van der Waals surface area contributed by atoms with Crippen LogP contribution in [0.25, 0.3) is 0 Å². The molecule has 1 aromatic heterocycles. The Labute approximate surface area is 167 Å². The third-order valence-electron chi connectivity index (χ3n) is 4.68. The summed E-state index contributed by atoms with van der Waals surface area (Å²) in [5.41, 5.74) is 0.920. The predicted octanol–water partition coefficient (Wildman–Crippen LogP) is 2.39. The van der Waals surface area contributed by atoms with Crippen molar-refractivity contribution in [2.24, 2.45) is 0 Å².